The first-order valence-electron chi connectivity index (χ1n) is 5.95. The van der Waals surface area contributed by atoms with Gasteiger partial charge in [-0.2, -0.15) is 0 Å². The molecule has 88 valence electrons. The second-order valence-corrected chi connectivity index (χ2v) is 4.50. The highest BCUT2D eigenvalue weighted by Gasteiger charge is 2.11. The Bertz CT molecular complexity index is 188. The van der Waals surface area contributed by atoms with Crippen LogP contribution in [0.15, 0.2) is 0 Å². The maximum Gasteiger partial charge on any atom is 0.235 e. The van der Waals surface area contributed by atoms with E-state index in [0.29, 0.717) is 12.5 Å². The summed E-state index contributed by atoms with van der Waals surface area (Å²) in [6.45, 7) is 7.22. The van der Waals surface area contributed by atoms with E-state index in [4.69, 9.17) is 0 Å². The number of carbonyl (C=O) groups excluding carboxylic acids is 1. The molecule has 0 aromatic rings. The molecule has 0 saturated carbocycles. The third-order valence-corrected chi connectivity index (χ3v) is 2.60. The zero-order valence-corrected chi connectivity index (χ0v) is 9.88. The monoisotopic (exact) mass is 213 g/mol. The summed E-state index contributed by atoms with van der Waals surface area (Å²) < 4.78 is 0. The molecule has 15 heavy (non-hydrogen) atoms. The lowest BCUT2D eigenvalue weighted by molar-refractivity contribution is -0.122. The summed E-state index contributed by atoms with van der Waals surface area (Å²) in [5.41, 5.74) is 5.62. The number of carbonyl (C=O) groups is 1. The van der Waals surface area contributed by atoms with E-state index in [9.17, 15) is 4.79 Å². The summed E-state index contributed by atoms with van der Waals surface area (Å²) in [5, 5.41) is 0. The van der Waals surface area contributed by atoms with Gasteiger partial charge in [-0.05, 0) is 39.8 Å². The van der Waals surface area contributed by atoms with Gasteiger partial charge in [-0.25, -0.2) is 5.43 Å². The van der Waals surface area contributed by atoms with Crippen molar-refractivity contribution in [1.82, 2.24) is 15.8 Å². The number of nitrogens with one attached hydrogen (secondary N) is 2. The molecule has 4 nitrogen and oxygen atoms in total. The van der Waals surface area contributed by atoms with Gasteiger partial charge < -0.3 is 4.90 Å². The molecule has 1 heterocycles. The molecule has 0 atom stereocenters. The number of rotatable bonds is 5. The van der Waals surface area contributed by atoms with E-state index in [-0.39, 0.29) is 5.91 Å². The Morgan fingerprint density at radius 2 is 1.93 bits per heavy atom. The van der Waals surface area contributed by atoms with Crippen molar-refractivity contribution >= 4 is 5.91 Å². The van der Waals surface area contributed by atoms with Crippen LogP contribution in [0, 0.1) is 0 Å². The zero-order valence-electron chi connectivity index (χ0n) is 9.88. The lowest BCUT2D eigenvalue weighted by atomic mass is 10.1. The van der Waals surface area contributed by atoms with Crippen molar-refractivity contribution < 1.29 is 4.79 Å². The maximum absolute atomic E-state index is 11.4. The van der Waals surface area contributed by atoms with E-state index < -0.39 is 0 Å². The predicted molar refractivity (Wildman–Crippen MR) is 61.3 cm³/mol. The van der Waals surface area contributed by atoms with Gasteiger partial charge in [0.2, 0.25) is 5.91 Å². The standard InChI is InChI=1S/C11H23N3O/c1-10(2)12-13-11(15)6-9-14-7-4-3-5-8-14/h10,12H,3-9H2,1-2H3,(H,13,15). The SMILES string of the molecule is CC(C)NNC(=O)CCN1CCCCC1. The highest BCUT2D eigenvalue weighted by atomic mass is 16.2. The minimum absolute atomic E-state index is 0.0919. The average molecular weight is 213 g/mol. The molecule has 4 heteroatoms. The third kappa shape index (κ3) is 5.74. The summed E-state index contributed by atoms with van der Waals surface area (Å²) in [4.78, 5) is 13.8. The van der Waals surface area contributed by atoms with Crippen LogP contribution in [-0.4, -0.2) is 36.5 Å². The summed E-state index contributed by atoms with van der Waals surface area (Å²) in [7, 11) is 0. The Balaban J connectivity index is 2.05. The van der Waals surface area contributed by atoms with Gasteiger partial charge >= 0.3 is 0 Å². The van der Waals surface area contributed by atoms with Crippen LogP contribution in [0.1, 0.15) is 39.5 Å². The van der Waals surface area contributed by atoms with Crippen molar-refractivity contribution in [3.05, 3.63) is 0 Å². The van der Waals surface area contributed by atoms with Crippen LogP contribution in [-0.2, 0) is 4.79 Å². The van der Waals surface area contributed by atoms with E-state index in [0.717, 1.165) is 19.6 Å². The minimum atomic E-state index is 0.0919. The van der Waals surface area contributed by atoms with Gasteiger partial charge in [0.15, 0.2) is 0 Å². The van der Waals surface area contributed by atoms with Crippen molar-refractivity contribution in [3.8, 4) is 0 Å². The van der Waals surface area contributed by atoms with Crippen LogP contribution in [0.5, 0.6) is 0 Å². The van der Waals surface area contributed by atoms with Crippen molar-refractivity contribution in [2.45, 2.75) is 45.6 Å². The first kappa shape index (κ1) is 12.5. The molecule has 1 aliphatic rings. The summed E-state index contributed by atoms with van der Waals surface area (Å²) >= 11 is 0. The van der Waals surface area contributed by atoms with Gasteiger partial charge in [-0.15, -0.1) is 0 Å². The Labute approximate surface area is 92.4 Å². The van der Waals surface area contributed by atoms with Crippen LogP contribution in [0.2, 0.25) is 0 Å². The van der Waals surface area contributed by atoms with Crippen molar-refractivity contribution in [2.24, 2.45) is 0 Å². The van der Waals surface area contributed by atoms with Gasteiger partial charge in [0, 0.05) is 19.0 Å². The normalized spacial score (nSPS) is 18.1. The molecule has 0 aromatic carbocycles. The number of hydrogen-bond acceptors (Lipinski definition) is 3. The lowest BCUT2D eigenvalue weighted by Crippen LogP contribution is -2.43. The maximum atomic E-state index is 11.4. The van der Waals surface area contributed by atoms with Gasteiger partial charge in [0.05, 0.1) is 0 Å². The molecule has 1 aliphatic heterocycles. The highest BCUT2D eigenvalue weighted by molar-refractivity contribution is 5.75. The van der Waals surface area contributed by atoms with E-state index in [2.05, 4.69) is 15.8 Å². The Morgan fingerprint density at radius 1 is 1.27 bits per heavy atom. The first-order chi connectivity index (χ1) is 7.18. The number of hydrogen-bond donors (Lipinski definition) is 2. The molecular formula is C11H23N3O. The van der Waals surface area contributed by atoms with Crippen LogP contribution in [0.4, 0.5) is 0 Å². The summed E-state index contributed by atoms with van der Waals surface area (Å²) in [6, 6.07) is 0.295. The largest absolute Gasteiger partial charge is 0.303 e. The van der Waals surface area contributed by atoms with Crippen LogP contribution >= 0.6 is 0 Å². The van der Waals surface area contributed by atoms with Gasteiger partial charge in [-0.3, -0.25) is 10.2 Å². The molecular weight excluding hydrogens is 190 g/mol. The molecule has 0 unspecified atom stereocenters. The molecule has 1 saturated heterocycles. The van der Waals surface area contributed by atoms with Crippen molar-refractivity contribution in [3.63, 3.8) is 0 Å². The van der Waals surface area contributed by atoms with Gasteiger partial charge in [-0.1, -0.05) is 6.42 Å². The number of hydrazine groups is 1. The number of amides is 1. The number of nitrogens with zero attached hydrogens (tertiary/aromatic N) is 1. The van der Waals surface area contributed by atoms with Crippen LogP contribution in [0.3, 0.4) is 0 Å². The predicted octanol–water partition coefficient (Wildman–Crippen LogP) is 0.892. The van der Waals surface area contributed by atoms with E-state index in [1.165, 1.54) is 19.3 Å². The third-order valence-electron chi connectivity index (χ3n) is 2.60. The molecule has 1 amide bonds. The van der Waals surface area contributed by atoms with E-state index in [1.807, 2.05) is 13.8 Å². The summed E-state index contributed by atoms with van der Waals surface area (Å²) in [6.07, 6.45) is 4.51. The highest BCUT2D eigenvalue weighted by Crippen LogP contribution is 2.08. The quantitative estimate of drug-likeness (QED) is 0.667. The molecule has 0 bridgehead atoms. The fourth-order valence-electron chi connectivity index (χ4n) is 1.73. The zero-order chi connectivity index (χ0) is 11.1. The molecule has 1 rings (SSSR count). The van der Waals surface area contributed by atoms with Crippen LogP contribution in [0.25, 0.3) is 0 Å². The summed E-state index contributed by atoms with van der Waals surface area (Å²) in [5.74, 6) is 0.0919. The molecule has 0 aromatic heterocycles. The Morgan fingerprint density at radius 3 is 2.53 bits per heavy atom. The van der Waals surface area contributed by atoms with Gasteiger partial charge in [0.1, 0.15) is 0 Å². The lowest BCUT2D eigenvalue weighted by Gasteiger charge is -2.26. The van der Waals surface area contributed by atoms with Crippen molar-refractivity contribution in [2.75, 3.05) is 19.6 Å². The second kappa shape index (κ2) is 6.80. The average Bonchev–Trinajstić information content (AvgIpc) is 2.25. The second-order valence-electron chi connectivity index (χ2n) is 4.50. The molecule has 0 aliphatic carbocycles. The topological polar surface area (TPSA) is 44.4 Å². The van der Waals surface area contributed by atoms with Crippen LogP contribution < -0.4 is 10.9 Å². The van der Waals surface area contributed by atoms with E-state index in [1.54, 1.807) is 0 Å². The fraction of sp³-hybridized carbons (Fsp3) is 0.909. The Kier molecular flexibility index (Phi) is 5.65. The minimum Gasteiger partial charge on any atom is -0.303 e. The number of likely N-dealkylation sites (tertiary alicyclic amines) is 1. The molecule has 0 spiro atoms. The molecule has 0 radical (unpaired) electrons. The van der Waals surface area contributed by atoms with Crippen molar-refractivity contribution in [1.29, 1.82) is 0 Å². The first-order valence-corrected chi connectivity index (χ1v) is 5.95. The number of piperidine rings is 1. The molecule has 1 fully saturated rings. The molecule has 2 N–H and O–H groups in total. The van der Waals surface area contributed by atoms with Gasteiger partial charge in [0.25, 0.3) is 0 Å². The fourth-order valence-corrected chi connectivity index (χ4v) is 1.73. The van der Waals surface area contributed by atoms with E-state index >= 15 is 0 Å². The Hall–Kier alpha value is -0.610. The smallest absolute Gasteiger partial charge is 0.235 e.